The number of nitrogens with zero attached hydrogens (tertiary/aromatic N) is 1. The molecule has 280 valence electrons. The van der Waals surface area contributed by atoms with Crippen molar-refractivity contribution in [2.45, 2.75) is 123 Å². The third kappa shape index (κ3) is 16.7. The molecular formula is C40H61NO7Si3. The molecule has 0 heterocycles. The minimum atomic E-state index is -0.466. The Morgan fingerprint density at radius 3 is 2.12 bits per heavy atom. The Balaban J connectivity index is 1.33. The lowest BCUT2D eigenvalue weighted by Gasteiger charge is -2.15. The monoisotopic (exact) mass is 751 g/mol. The molecule has 0 aromatic heterocycles. The Labute approximate surface area is 312 Å². The summed E-state index contributed by atoms with van der Waals surface area (Å²) >= 11 is 0. The highest BCUT2D eigenvalue weighted by molar-refractivity contribution is 7.34. The lowest BCUT2D eigenvalue weighted by molar-refractivity contribution is -0.386. The molecule has 11 heteroatoms. The fourth-order valence-electron chi connectivity index (χ4n) is 5.94. The molecule has 0 aliphatic carbocycles. The fourth-order valence-corrected chi connectivity index (χ4v) is 20.0. The smallest absolute Gasteiger partial charge is 0.343 e. The summed E-state index contributed by atoms with van der Waals surface area (Å²) in [5.41, 5.74) is 1.81. The number of carbonyl (C=O) groups is 1. The summed E-state index contributed by atoms with van der Waals surface area (Å²) < 4.78 is 23.5. The van der Waals surface area contributed by atoms with Crippen LogP contribution >= 0.6 is 0 Å². The summed E-state index contributed by atoms with van der Waals surface area (Å²) in [6.07, 6.45) is 15.5. The van der Waals surface area contributed by atoms with Gasteiger partial charge in [-0.15, -0.1) is 0 Å². The van der Waals surface area contributed by atoms with Crippen molar-refractivity contribution in [3.63, 3.8) is 0 Å². The molecule has 0 aliphatic heterocycles. The molecule has 0 saturated carbocycles. The summed E-state index contributed by atoms with van der Waals surface area (Å²) in [4.78, 5) is 24.2. The molecule has 0 bridgehead atoms. The Bertz CT molecular complexity index is 1420. The van der Waals surface area contributed by atoms with Crippen molar-refractivity contribution in [2.24, 2.45) is 0 Å². The first-order valence-corrected chi connectivity index (χ1v) is 29.2. The number of hydrogen-bond acceptors (Lipinski definition) is 7. The highest BCUT2D eigenvalue weighted by atomic mass is 29.5. The minimum Gasteiger partial charge on any atom is -0.494 e. The van der Waals surface area contributed by atoms with E-state index in [1.165, 1.54) is 44.6 Å². The molecule has 3 aromatic rings. The highest BCUT2D eigenvalue weighted by Crippen LogP contribution is 2.34. The number of carbonyl (C=O) groups excluding carboxylic acids is 1. The predicted octanol–water partition coefficient (Wildman–Crippen LogP) is 9.28. The second kappa shape index (κ2) is 24.8. The van der Waals surface area contributed by atoms with Crippen molar-refractivity contribution < 1.29 is 28.4 Å². The molecule has 0 spiro atoms. The van der Waals surface area contributed by atoms with Crippen LogP contribution in [0.2, 0.25) is 12.6 Å². The first-order chi connectivity index (χ1) is 24.8. The summed E-state index contributed by atoms with van der Waals surface area (Å²) in [7, 11) is -0.419. The third-order valence-corrected chi connectivity index (χ3v) is 29.1. The van der Waals surface area contributed by atoms with Crippen molar-refractivity contribution >= 4 is 37.8 Å². The van der Waals surface area contributed by atoms with Crippen molar-refractivity contribution in [2.75, 3.05) is 13.2 Å². The van der Waals surface area contributed by atoms with E-state index in [1.807, 2.05) is 13.0 Å². The molecule has 0 radical (unpaired) electrons. The van der Waals surface area contributed by atoms with Gasteiger partial charge in [-0.05, 0) is 92.6 Å². The second-order valence-corrected chi connectivity index (χ2v) is 30.3. The van der Waals surface area contributed by atoms with Gasteiger partial charge in [0.1, 0.15) is 20.8 Å². The molecule has 1 unspecified atom stereocenters. The first kappa shape index (κ1) is 42.2. The van der Waals surface area contributed by atoms with Crippen LogP contribution in [0.3, 0.4) is 0 Å². The van der Waals surface area contributed by atoms with Crippen LogP contribution in [-0.2, 0) is 4.43 Å². The zero-order valence-corrected chi connectivity index (χ0v) is 35.5. The van der Waals surface area contributed by atoms with E-state index in [0.29, 0.717) is 23.5 Å². The van der Waals surface area contributed by atoms with Gasteiger partial charge >= 0.3 is 11.7 Å². The van der Waals surface area contributed by atoms with Crippen LogP contribution in [0.15, 0.2) is 66.7 Å². The molecule has 0 aliphatic rings. The van der Waals surface area contributed by atoms with Gasteiger partial charge < -0.3 is 18.6 Å². The van der Waals surface area contributed by atoms with Crippen LogP contribution in [-0.4, -0.2) is 56.4 Å². The standard InChI is InChI=1S/C40H61NO7Si3/c1-5-7-9-12-16-30-51(4)50-49-46-29-15-11-10-14-28-45-36-23-20-34(21-24-36)40(42)48-37-25-18-33(19-26-37)35-22-27-39(38(31-35)41(43)44)47-32(3)17-13-8-6-2/h18-27,31-32,51H,5-17,28-30,49-50H2,1-4H3/t32-,51?/m1/s1. The van der Waals surface area contributed by atoms with Gasteiger partial charge in [-0.1, -0.05) is 96.0 Å². The summed E-state index contributed by atoms with van der Waals surface area (Å²) in [6.45, 7) is 10.5. The Kier molecular flexibility index (Phi) is 20.5. The van der Waals surface area contributed by atoms with Crippen LogP contribution in [0.1, 0.15) is 115 Å². The van der Waals surface area contributed by atoms with Crippen molar-refractivity contribution in [1.29, 1.82) is 0 Å². The summed E-state index contributed by atoms with van der Waals surface area (Å²) in [5, 5.41) is 11.8. The van der Waals surface area contributed by atoms with E-state index in [1.54, 1.807) is 60.6 Å². The lowest BCUT2D eigenvalue weighted by Crippen LogP contribution is -2.25. The van der Waals surface area contributed by atoms with Crippen molar-refractivity contribution in [3.8, 4) is 28.4 Å². The predicted molar refractivity (Wildman–Crippen MR) is 218 cm³/mol. The van der Waals surface area contributed by atoms with Crippen LogP contribution in [0.25, 0.3) is 11.1 Å². The van der Waals surface area contributed by atoms with E-state index < -0.39 is 19.2 Å². The quantitative estimate of drug-likeness (QED) is 0.0191. The summed E-state index contributed by atoms with van der Waals surface area (Å²) in [5.74, 6) is 0.925. The van der Waals surface area contributed by atoms with Crippen LogP contribution in [0, 0.1) is 10.1 Å². The number of rotatable bonds is 27. The van der Waals surface area contributed by atoms with E-state index in [9.17, 15) is 14.9 Å². The van der Waals surface area contributed by atoms with Gasteiger partial charge in [-0.25, -0.2) is 4.79 Å². The lowest BCUT2D eigenvalue weighted by atomic mass is 10.0. The van der Waals surface area contributed by atoms with Crippen LogP contribution in [0.4, 0.5) is 5.69 Å². The van der Waals surface area contributed by atoms with E-state index in [-0.39, 0.29) is 35.4 Å². The van der Waals surface area contributed by atoms with Crippen LogP contribution in [0.5, 0.6) is 17.2 Å². The topological polar surface area (TPSA) is 97.1 Å². The zero-order valence-electron chi connectivity index (χ0n) is 31.5. The van der Waals surface area contributed by atoms with E-state index in [4.69, 9.17) is 18.6 Å². The number of benzene rings is 3. The van der Waals surface area contributed by atoms with Crippen molar-refractivity contribution in [3.05, 3.63) is 82.4 Å². The molecule has 8 nitrogen and oxygen atoms in total. The van der Waals surface area contributed by atoms with Gasteiger partial charge in [0.2, 0.25) is 0 Å². The number of ether oxygens (including phenoxy) is 3. The van der Waals surface area contributed by atoms with Gasteiger partial charge in [0.05, 0.1) is 23.2 Å². The molecule has 2 atom stereocenters. The number of esters is 1. The van der Waals surface area contributed by atoms with Gasteiger partial charge in [0.15, 0.2) is 5.75 Å². The third-order valence-electron chi connectivity index (χ3n) is 9.19. The number of nitro groups is 1. The van der Waals surface area contributed by atoms with E-state index in [0.717, 1.165) is 62.9 Å². The molecule has 3 aromatic carbocycles. The largest absolute Gasteiger partial charge is 0.494 e. The Hall–Kier alpha value is -3.26. The molecule has 0 amide bonds. The molecule has 3 rings (SSSR count). The maximum Gasteiger partial charge on any atom is 0.343 e. The SMILES string of the molecule is CCCCCCC[SiH](C)[SiH2][SiH2]OCCCCCCOc1ccc(C(=O)Oc2ccc(-c3ccc(O[C@H](C)CCCCC)c([N+](=O)[O-])c3)cc2)cc1. The zero-order chi connectivity index (χ0) is 36.7. The molecule has 0 N–H and O–H groups in total. The Morgan fingerprint density at radius 1 is 0.784 bits per heavy atom. The van der Waals surface area contributed by atoms with Gasteiger partial charge in [0.25, 0.3) is 0 Å². The number of unbranched alkanes of at least 4 members (excludes halogenated alkanes) is 9. The van der Waals surface area contributed by atoms with Gasteiger partial charge in [-0.2, -0.15) is 0 Å². The van der Waals surface area contributed by atoms with Gasteiger partial charge in [0, 0.05) is 29.5 Å². The molecule has 0 saturated heterocycles. The van der Waals surface area contributed by atoms with E-state index in [2.05, 4.69) is 20.4 Å². The number of hydrogen-bond donors (Lipinski definition) is 0. The van der Waals surface area contributed by atoms with Crippen LogP contribution < -0.4 is 14.2 Å². The molecular weight excluding hydrogens is 691 g/mol. The fraction of sp³-hybridized carbons (Fsp3) is 0.525. The average molecular weight is 752 g/mol. The first-order valence-electron chi connectivity index (χ1n) is 19.4. The normalized spacial score (nSPS) is 12.8. The minimum absolute atomic E-state index is 0.0687. The van der Waals surface area contributed by atoms with Crippen molar-refractivity contribution in [1.82, 2.24) is 0 Å². The maximum absolute atomic E-state index is 12.8. The van der Waals surface area contributed by atoms with E-state index >= 15 is 0 Å². The average Bonchev–Trinajstić information content (AvgIpc) is 3.13. The highest BCUT2D eigenvalue weighted by Gasteiger charge is 2.19. The molecule has 0 fully saturated rings. The second-order valence-electron chi connectivity index (χ2n) is 13.8. The Morgan fingerprint density at radius 2 is 1.41 bits per heavy atom. The molecule has 51 heavy (non-hydrogen) atoms. The number of nitro benzene ring substituents is 1. The summed E-state index contributed by atoms with van der Waals surface area (Å²) in [6, 6.07) is 20.5. The maximum atomic E-state index is 12.8. The van der Waals surface area contributed by atoms with Gasteiger partial charge in [-0.3, -0.25) is 10.1 Å².